The molecule has 130 valence electrons. The molecule has 0 atom stereocenters. The summed E-state index contributed by atoms with van der Waals surface area (Å²) in [5.74, 6) is 0.882. The zero-order valence-electron chi connectivity index (χ0n) is 15.0. The van der Waals surface area contributed by atoms with E-state index in [0.29, 0.717) is 13.1 Å². The van der Waals surface area contributed by atoms with Gasteiger partial charge >= 0.3 is 0 Å². The van der Waals surface area contributed by atoms with Crippen LogP contribution >= 0.6 is 0 Å². The third-order valence-corrected chi connectivity index (χ3v) is 3.61. The van der Waals surface area contributed by atoms with Crippen molar-refractivity contribution in [2.75, 3.05) is 39.8 Å². The van der Waals surface area contributed by atoms with Crippen LogP contribution in [0.5, 0.6) is 0 Å². The third kappa shape index (κ3) is 6.30. The Hall–Kier alpha value is -2.05. The zero-order valence-corrected chi connectivity index (χ0v) is 15.0. The SMILES string of the molecule is CCNC(=NCCc1cnn(C)c1)N(C)CC(=O)N(CC)CC. The van der Waals surface area contributed by atoms with Crippen LogP contribution in [0.15, 0.2) is 17.4 Å². The van der Waals surface area contributed by atoms with Gasteiger partial charge in [-0.3, -0.25) is 14.5 Å². The monoisotopic (exact) mass is 322 g/mol. The first-order valence-electron chi connectivity index (χ1n) is 8.26. The van der Waals surface area contributed by atoms with E-state index in [2.05, 4.69) is 15.4 Å². The number of carbonyl (C=O) groups is 1. The van der Waals surface area contributed by atoms with Crippen LogP contribution < -0.4 is 5.32 Å². The second-order valence-corrected chi connectivity index (χ2v) is 5.43. The number of nitrogens with one attached hydrogen (secondary N) is 1. The fraction of sp³-hybridized carbons (Fsp3) is 0.688. The van der Waals surface area contributed by atoms with Gasteiger partial charge in [0.1, 0.15) is 0 Å². The molecule has 0 aromatic carbocycles. The van der Waals surface area contributed by atoms with Crippen LogP contribution in [0.2, 0.25) is 0 Å². The molecule has 7 heteroatoms. The maximum atomic E-state index is 12.2. The Morgan fingerprint density at radius 3 is 2.57 bits per heavy atom. The molecule has 7 nitrogen and oxygen atoms in total. The lowest BCUT2D eigenvalue weighted by Gasteiger charge is -2.25. The van der Waals surface area contributed by atoms with E-state index < -0.39 is 0 Å². The number of aliphatic imine (C=N–C) groups is 1. The molecule has 1 amide bonds. The van der Waals surface area contributed by atoms with Gasteiger partial charge in [-0.15, -0.1) is 0 Å². The molecule has 0 saturated heterocycles. The van der Waals surface area contributed by atoms with Gasteiger partial charge in [-0.1, -0.05) is 0 Å². The second kappa shape index (κ2) is 9.86. The number of amides is 1. The minimum Gasteiger partial charge on any atom is -0.357 e. The van der Waals surface area contributed by atoms with Gasteiger partial charge in [-0.2, -0.15) is 5.10 Å². The topological polar surface area (TPSA) is 65.8 Å². The minimum absolute atomic E-state index is 0.121. The molecule has 23 heavy (non-hydrogen) atoms. The maximum Gasteiger partial charge on any atom is 0.242 e. The molecule has 1 rings (SSSR count). The van der Waals surface area contributed by atoms with E-state index in [1.165, 1.54) is 0 Å². The summed E-state index contributed by atoms with van der Waals surface area (Å²) in [5.41, 5.74) is 1.16. The number of hydrogen-bond acceptors (Lipinski definition) is 3. The third-order valence-electron chi connectivity index (χ3n) is 3.61. The lowest BCUT2D eigenvalue weighted by molar-refractivity contribution is -0.131. The van der Waals surface area contributed by atoms with Gasteiger partial charge in [0.2, 0.25) is 5.91 Å². The summed E-state index contributed by atoms with van der Waals surface area (Å²) in [7, 11) is 3.80. The molecule has 0 radical (unpaired) electrons. The summed E-state index contributed by atoms with van der Waals surface area (Å²) >= 11 is 0. The van der Waals surface area contributed by atoms with Gasteiger partial charge in [-0.05, 0) is 32.8 Å². The lowest BCUT2D eigenvalue weighted by Crippen LogP contribution is -2.45. The van der Waals surface area contributed by atoms with Crippen LogP contribution in [-0.2, 0) is 18.3 Å². The van der Waals surface area contributed by atoms with E-state index in [0.717, 1.165) is 37.6 Å². The molecule has 0 aliphatic heterocycles. The largest absolute Gasteiger partial charge is 0.357 e. The molecule has 0 fully saturated rings. The van der Waals surface area contributed by atoms with E-state index >= 15 is 0 Å². The van der Waals surface area contributed by atoms with Gasteiger partial charge < -0.3 is 15.1 Å². The van der Waals surface area contributed by atoms with E-state index in [-0.39, 0.29) is 5.91 Å². The van der Waals surface area contributed by atoms with Gasteiger partial charge in [-0.25, -0.2) is 0 Å². The number of rotatable bonds is 8. The number of likely N-dealkylation sites (N-methyl/N-ethyl adjacent to an activating group) is 2. The molecule has 1 N–H and O–H groups in total. The highest BCUT2D eigenvalue weighted by molar-refractivity contribution is 5.86. The average molecular weight is 322 g/mol. The van der Waals surface area contributed by atoms with Crippen molar-refractivity contribution in [3.05, 3.63) is 18.0 Å². The molecule has 0 aliphatic carbocycles. The first-order valence-corrected chi connectivity index (χ1v) is 8.26. The Morgan fingerprint density at radius 2 is 2.04 bits per heavy atom. The summed E-state index contributed by atoms with van der Waals surface area (Å²) < 4.78 is 1.79. The summed E-state index contributed by atoms with van der Waals surface area (Å²) in [5, 5.41) is 7.39. The molecule has 0 spiro atoms. The molecule has 0 bridgehead atoms. The van der Waals surface area contributed by atoms with Gasteiger partial charge in [0.15, 0.2) is 5.96 Å². The summed E-state index contributed by atoms with van der Waals surface area (Å²) in [6, 6.07) is 0. The van der Waals surface area contributed by atoms with Crippen molar-refractivity contribution < 1.29 is 4.79 Å². The second-order valence-electron chi connectivity index (χ2n) is 5.43. The molecule has 1 heterocycles. The predicted octanol–water partition coefficient (Wildman–Crippen LogP) is 0.728. The van der Waals surface area contributed by atoms with Crippen molar-refractivity contribution in [1.29, 1.82) is 0 Å². The van der Waals surface area contributed by atoms with Crippen LogP contribution in [0, 0.1) is 0 Å². The Balaban J connectivity index is 2.60. The van der Waals surface area contributed by atoms with Gasteiger partial charge in [0.25, 0.3) is 0 Å². The highest BCUT2D eigenvalue weighted by Gasteiger charge is 2.14. The van der Waals surface area contributed by atoms with E-state index in [1.54, 1.807) is 4.68 Å². The molecule has 0 unspecified atom stereocenters. The van der Waals surface area contributed by atoms with Crippen LogP contribution in [0.25, 0.3) is 0 Å². The number of hydrogen-bond donors (Lipinski definition) is 1. The van der Waals surface area contributed by atoms with Crippen molar-refractivity contribution in [1.82, 2.24) is 24.9 Å². The van der Waals surface area contributed by atoms with Crippen molar-refractivity contribution in [3.63, 3.8) is 0 Å². The van der Waals surface area contributed by atoms with E-state index in [1.807, 2.05) is 57.1 Å². The van der Waals surface area contributed by atoms with Crippen molar-refractivity contribution >= 4 is 11.9 Å². The fourth-order valence-corrected chi connectivity index (χ4v) is 2.32. The number of aromatic nitrogens is 2. The first-order chi connectivity index (χ1) is 11.0. The molecular weight excluding hydrogens is 292 g/mol. The summed E-state index contributed by atoms with van der Waals surface area (Å²) in [4.78, 5) is 20.5. The number of aryl methyl sites for hydroxylation is 1. The van der Waals surface area contributed by atoms with Crippen LogP contribution in [-0.4, -0.2) is 71.2 Å². The minimum atomic E-state index is 0.121. The maximum absolute atomic E-state index is 12.2. The predicted molar refractivity (Wildman–Crippen MR) is 93.4 cm³/mol. The van der Waals surface area contributed by atoms with Crippen molar-refractivity contribution in [3.8, 4) is 0 Å². The first kappa shape index (κ1) is 19.0. The quantitative estimate of drug-likeness (QED) is 0.566. The lowest BCUT2D eigenvalue weighted by atomic mass is 10.2. The van der Waals surface area contributed by atoms with Gasteiger partial charge in [0, 0.05) is 46.5 Å². The molecular formula is C16H30N6O. The normalized spacial score (nSPS) is 11.4. The van der Waals surface area contributed by atoms with Gasteiger partial charge in [0.05, 0.1) is 12.7 Å². The summed E-state index contributed by atoms with van der Waals surface area (Å²) in [6.45, 7) is 9.25. The zero-order chi connectivity index (χ0) is 17.2. The van der Waals surface area contributed by atoms with Crippen molar-refractivity contribution in [2.45, 2.75) is 27.2 Å². The average Bonchev–Trinajstić information content (AvgIpc) is 2.93. The number of nitrogens with zero attached hydrogens (tertiary/aromatic N) is 5. The molecule has 1 aromatic heterocycles. The standard InChI is InChI=1S/C16H30N6O/c1-6-17-16(18-10-9-14-11-19-21(5)12-14)20(4)13-15(23)22(7-2)8-3/h11-12H,6-10,13H2,1-5H3,(H,17,18). The Kier molecular flexibility index (Phi) is 8.15. The van der Waals surface area contributed by atoms with E-state index in [9.17, 15) is 4.79 Å². The Labute approximate surface area is 139 Å². The number of carbonyl (C=O) groups excluding carboxylic acids is 1. The molecule has 0 aliphatic rings. The van der Waals surface area contributed by atoms with Crippen LogP contribution in [0.3, 0.4) is 0 Å². The Bertz CT molecular complexity index is 506. The number of guanidine groups is 1. The van der Waals surface area contributed by atoms with Crippen LogP contribution in [0.4, 0.5) is 0 Å². The smallest absolute Gasteiger partial charge is 0.242 e. The summed E-state index contributed by atoms with van der Waals surface area (Å²) in [6.07, 6.45) is 4.69. The molecule has 1 aromatic rings. The van der Waals surface area contributed by atoms with Crippen LogP contribution in [0.1, 0.15) is 26.3 Å². The Morgan fingerprint density at radius 1 is 1.35 bits per heavy atom. The fourth-order valence-electron chi connectivity index (χ4n) is 2.32. The highest BCUT2D eigenvalue weighted by Crippen LogP contribution is 1.99. The molecule has 0 saturated carbocycles. The van der Waals surface area contributed by atoms with E-state index in [4.69, 9.17) is 0 Å². The highest BCUT2D eigenvalue weighted by atomic mass is 16.2. The van der Waals surface area contributed by atoms with Crippen molar-refractivity contribution in [2.24, 2.45) is 12.0 Å².